The molecule has 0 amide bonds. The topological polar surface area (TPSA) is 72.2 Å². The molecule has 0 bridgehead atoms. The van der Waals surface area contributed by atoms with Crippen LogP contribution in [0.15, 0.2) is 29.2 Å². The van der Waals surface area contributed by atoms with Crippen molar-refractivity contribution in [3.05, 3.63) is 29.8 Å². The molecule has 1 aromatic rings. The van der Waals surface area contributed by atoms with Gasteiger partial charge in [-0.2, -0.15) is 0 Å². The molecular formula is C15H20N2O2S. The second kappa shape index (κ2) is 6.89. The van der Waals surface area contributed by atoms with E-state index < -0.39 is 10.0 Å². The highest BCUT2D eigenvalue weighted by molar-refractivity contribution is 7.89. The van der Waals surface area contributed by atoms with Crippen molar-refractivity contribution in [3.63, 3.8) is 0 Å². The first-order valence-corrected chi connectivity index (χ1v) is 8.41. The minimum absolute atomic E-state index is 0.0625. The summed E-state index contributed by atoms with van der Waals surface area (Å²) >= 11 is 0. The molecule has 0 atom stereocenters. The van der Waals surface area contributed by atoms with E-state index in [2.05, 4.69) is 16.6 Å². The Morgan fingerprint density at radius 3 is 2.70 bits per heavy atom. The lowest BCUT2D eigenvalue weighted by Gasteiger charge is -2.22. The lowest BCUT2D eigenvalue weighted by Crippen LogP contribution is -2.36. The Morgan fingerprint density at radius 1 is 1.25 bits per heavy atom. The van der Waals surface area contributed by atoms with Crippen molar-refractivity contribution in [1.82, 2.24) is 4.72 Å². The number of hydrogen-bond donors (Lipinski definition) is 2. The first-order chi connectivity index (χ1) is 9.62. The standard InChI is InChI=1S/C15H20N2O2S/c16-11-5-7-13-6-4-10-15(12-13)20(18,19)17-14-8-2-1-3-9-14/h4,6,10,12,14,17H,1-3,8-9,11,16H2. The van der Waals surface area contributed by atoms with Crippen LogP contribution in [0.25, 0.3) is 0 Å². The summed E-state index contributed by atoms with van der Waals surface area (Å²) in [5.41, 5.74) is 5.99. The minimum Gasteiger partial charge on any atom is -0.320 e. The molecule has 0 radical (unpaired) electrons. The summed E-state index contributed by atoms with van der Waals surface area (Å²) in [6.45, 7) is 0.261. The van der Waals surface area contributed by atoms with Crippen molar-refractivity contribution >= 4 is 10.0 Å². The molecule has 0 saturated heterocycles. The van der Waals surface area contributed by atoms with Crippen molar-refractivity contribution < 1.29 is 8.42 Å². The van der Waals surface area contributed by atoms with E-state index in [1.807, 2.05) is 0 Å². The number of hydrogen-bond acceptors (Lipinski definition) is 3. The highest BCUT2D eigenvalue weighted by Crippen LogP contribution is 2.20. The number of sulfonamides is 1. The zero-order chi connectivity index (χ0) is 14.4. The van der Waals surface area contributed by atoms with E-state index in [1.165, 1.54) is 6.42 Å². The monoisotopic (exact) mass is 292 g/mol. The van der Waals surface area contributed by atoms with Gasteiger partial charge in [0.1, 0.15) is 0 Å². The summed E-state index contributed by atoms with van der Waals surface area (Å²) < 4.78 is 27.5. The van der Waals surface area contributed by atoms with Gasteiger partial charge in [-0.1, -0.05) is 37.2 Å². The molecule has 1 fully saturated rings. The molecule has 1 aliphatic carbocycles. The summed E-state index contributed by atoms with van der Waals surface area (Å²) in [7, 11) is -3.46. The first kappa shape index (κ1) is 15.0. The molecule has 1 aliphatic rings. The van der Waals surface area contributed by atoms with Crippen LogP contribution in [0.2, 0.25) is 0 Å². The van der Waals surface area contributed by atoms with Crippen molar-refractivity contribution in [2.75, 3.05) is 6.54 Å². The molecule has 4 nitrogen and oxygen atoms in total. The molecule has 108 valence electrons. The first-order valence-electron chi connectivity index (χ1n) is 6.93. The van der Waals surface area contributed by atoms with Crippen LogP contribution in [0.3, 0.4) is 0 Å². The van der Waals surface area contributed by atoms with Crippen LogP contribution >= 0.6 is 0 Å². The van der Waals surface area contributed by atoms with Gasteiger partial charge in [-0.25, -0.2) is 13.1 Å². The van der Waals surface area contributed by atoms with Crippen LogP contribution in [0.1, 0.15) is 37.7 Å². The Kier molecular flexibility index (Phi) is 5.18. The van der Waals surface area contributed by atoms with Gasteiger partial charge in [0, 0.05) is 11.6 Å². The van der Waals surface area contributed by atoms with Gasteiger partial charge in [0.15, 0.2) is 0 Å². The maximum Gasteiger partial charge on any atom is 0.240 e. The van der Waals surface area contributed by atoms with E-state index >= 15 is 0 Å². The largest absolute Gasteiger partial charge is 0.320 e. The van der Waals surface area contributed by atoms with Gasteiger partial charge in [0.2, 0.25) is 10.0 Å². The van der Waals surface area contributed by atoms with Crippen LogP contribution in [-0.4, -0.2) is 21.0 Å². The number of nitrogens with two attached hydrogens (primary N) is 1. The highest BCUT2D eigenvalue weighted by atomic mass is 32.2. The lowest BCUT2D eigenvalue weighted by atomic mass is 9.96. The molecule has 5 heteroatoms. The third kappa shape index (κ3) is 4.07. The van der Waals surface area contributed by atoms with Gasteiger partial charge >= 0.3 is 0 Å². The zero-order valence-corrected chi connectivity index (χ0v) is 12.2. The van der Waals surface area contributed by atoms with Crippen molar-refractivity contribution in [2.45, 2.75) is 43.0 Å². The molecule has 0 aliphatic heterocycles. The minimum atomic E-state index is -3.46. The molecule has 1 aromatic carbocycles. The van der Waals surface area contributed by atoms with Gasteiger partial charge in [-0.3, -0.25) is 0 Å². The molecule has 0 unspecified atom stereocenters. The summed E-state index contributed by atoms with van der Waals surface area (Å²) in [5.74, 6) is 5.58. The molecule has 1 saturated carbocycles. The molecule has 2 rings (SSSR count). The molecule has 3 N–H and O–H groups in total. The second-order valence-electron chi connectivity index (χ2n) is 4.99. The normalized spacial score (nSPS) is 16.4. The summed E-state index contributed by atoms with van der Waals surface area (Å²) in [5, 5.41) is 0. The molecule has 0 heterocycles. The SMILES string of the molecule is NCC#Cc1cccc(S(=O)(=O)NC2CCCCC2)c1. The fourth-order valence-electron chi connectivity index (χ4n) is 2.40. The summed E-state index contributed by atoms with van der Waals surface area (Å²) in [6, 6.07) is 6.73. The van der Waals surface area contributed by atoms with E-state index in [4.69, 9.17) is 5.73 Å². The van der Waals surface area contributed by atoms with Gasteiger partial charge in [-0.15, -0.1) is 0 Å². The Morgan fingerprint density at radius 2 is 2.00 bits per heavy atom. The molecular weight excluding hydrogens is 272 g/mol. The third-order valence-electron chi connectivity index (χ3n) is 3.41. The highest BCUT2D eigenvalue weighted by Gasteiger charge is 2.21. The fourth-order valence-corrected chi connectivity index (χ4v) is 3.75. The average molecular weight is 292 g/mol. The number of nitrogens with one attached hydrogen (secondary N) is 1. The van der Waals surface area contributed by atoms with E-state index in [1.54, 1.807) is 24.3 Å². The van der Waals surface area contributed by atoms with Crippen LogP contribution < -0.4 is 10.5 Å². The predicted molar refractivity (Wildman–Crippen MR) is 79.6 cm³/mol. The zero-order valence-electron chi connectivity index (χ0n) is 11.4. The summed E-state index contributed by atoms with van der Waals surface area (Å²) in [6.07, 6.45) is 5.23. The van der Waals surface area contributed by atoms with Crippen molar-refractivity contribution in [2.24, 2.45) is 5.73 Å². The van der Waals surface area contributed by atoms with Crippen molar-refractivity contribution in [1.29, 1.82) is 0 Å². The van der Waals surface area contributed by atoms with E-state index in [9.17, 15) is 8.42 Å². The smallest absolute Gasteiger partial charge is 0.240 e. The maximum atomic E-state index is 12.3. The Bertz CT molecular complexity index is 608. The predicted octanol–water partition coefficient (Wildman–Crippen LogP) is 1.61. The molecule has 20 heavy (non-hydrogen) atoms. The van der Waals surface area contributed by atoms with Crippen LogP contribution in [0.4, 0.5) is 0 Å². The van der Waals surface area contributed by atoms with Gasteiger partial charge in [-0.05, 0) is 31.0 Å². The van der Waals surface area contributed by atoms with Gasteiger partial charge < -0.3 is 5.73 Å². The van der Waals surface area contributed by atoms with Gasteiger partial charge in [0.05, 0.1) is 11.4 Å². The number of rotatable bonds is 3. The number of benzene rings is 1. The molecule has 0 aromatic heterocycles. The maximum absolute atomic E-state index is 12.3. The quantitative estimate of drug-likeness (QED) is 0.831. The van der Waals surface area contributed by atoms with Crippen LogP contribution in [0, 0.1) is 11.8 Å². The Hall–Kier alpha value is -1.35. The van der Waals surface area contributed by atoms with Crippen molar-refractivity contribution in [3.8, 4) is 11.8 Å². The van der Waals surface area contributed by atoms with E-state index in [0.717, 1.165) is 25.7 Å². The van der Waals surface area contributed by atoms with E-state index in [0.29, 0.717) is 5.56 Å². The fraction of sp³-hybridized carbons (Fsp3) is 0.467. The average Bonchev–Trinajstić information content (AvgIpc) is 2.46. The molecule has 0 spiro atoms. The van der Waals surface area contributed by atoms with Crippen LogP contribution in [-0.2, 0) is 10.0 Å². The van der Waals surface area contributed by atoms with Crippen LogP contribution in [0.5, 0.6) is 0 Å². The Labute approximate surface area is 120 Å². The van der Waals surface area contributed by atoms with Gasteiger partial charge in [0.25, 0.3) is 0 Å². The Balaban J connectivity index is 2.16. The lowest BCUT2D eigenvalue weighted by molar-refractivity contribution is 0.412. The second-order valence-corrected chi connectivity index (χ2v) is 6.70. The summed E-state index contributed by atoms with van der Waals surface area (Å²) in [4.78, 5) is 0.270. The third-order valence-corrected chi connectivity index (χ3v) is 4.92. The van der Waals surface area contributed by atoms with E-state index in [-0.39, 0.29) is 17.5 Å².